The molecule has 0 radical (unpaired) electrons. The summed E-state index contributed by atoms with van der Waals surface area (Å²) < 4.78 is 10.4. The highest BCUT2D eigenvalue weighted by molar-refractivity contribution is 8.15. The van der Waals surface area contributed by atoms with E-state index in [1.807, 2.05) is 6.92 Å². The zero-order valence-electron chi connectivity index (χ0n) is 16.6. The number of aryl methyl sites for hydroxylation is 1. The van der Waals surface area contributed by atoms with Crippen molar-refractivity contribution in [2.45, 2.75) is 18.6 Å². The number of nitrogens with zero attached hydrogens (tertiary/aromatic N) is 2. The van der Waals surface area contributed by atoms with Crippen LogP contribution in [0.3, 0.4) is 0 Å². The second kappa shape index (κ2) is 9.77. The number of ether oxygens (including phenoxy) is 2. The van der Waals surface area contributed by atoms with E-state index in [0.717, 1.165) is 11.1 Å². The van der Waals surface area contributed by atoms with Gasteiger partial charge in [-0.3, -0.25) is 9.59 Å². The van der Waals surface area contributed by atoms with Crippen LogP contribution >= 0.6 is 23.4 Å². The number of rotatable bonds is 7. The van der Waals surface area contributed by atoms with Crippen molar-refractivity contribution in [3.63, 3.8) is 0 Å². The number of amides is 1. The normalized spacial score (nSPS) is 17.4. The van der Waals surface area contributed by atoms with Gasteiger partial charge in [0.25, 0.3) is 0 Å². The molecule has 1 unspecified atom stereocenters. The van der Waals surface area contributed by atoms with Crippen molar-refractivity contribution in [3.05, 3.63) is 58.1 Å². The second-order valence-electron chi connectivity index (χ2n) is 6.45. The minimum Gasteiger partial charge on any atom is -0.493 e. The number of nitrogens with one attached hydrogen (secondary N) is 1. The fourth-order valence-electron chi connectivity index (χ4n) is 2.77. The molecule has 156 valence electrons. The van der Waals surface area contributed by atoms with Crippen molar-refractivity contribution in [1.29, 1.82) is 0 Å². The van der Waals surface area contributed by atoms with Crippen LogP contribution < -0.4 is 14.8 Å². The van der Waals surface area contributed by atoms with Crippen molar-refractivity contribution in [2.24, 2.45) is 10.2 Å². The highest BCUT2D eigenvalue weighted by Crippen LogP contribution is 2.27. The Morgan fingerprint density at radius 1 is 1.20 bits per heavy atom. The molecule has 1 fully saturated rings. The maximum absolute atomic E-state index is 12.5. The zero-order chi connectivity index (χ0) is 21.7. The predicted molar refractivity (Wildman–Crippen MR) is 119 cm³/mol. The first kappa shape index (κ1) is 21.9. The lowest BCUT2D eigenvalue weighted by molar-refractivity contribution is -0.118. The van der Waals surface area contributed by atoms with Gasteiger partial charge < -0.3 is 14.8 Å². The average molecular weight is 446 g/mol. The predicted octanol–water partition coefficient (Wildman–Crippen LogP) is 3.86. The van der Waals surface area contributed by atoms with E-state index in [4.69, 9.17) is 21.1 Å². The number of carbonyl (C=O) groups excluding carboxylic acids is 2. The summed E-state index contributed by atoms with van der Waals surface area (Å²) in [7, 11) is 3.11. The minimum atomic E-state index is -0.552. The molecule has 2 aromatic rings. The molecule has 30 heavy (non-hydrogen) atoms. The van der Waals surface area contributed by atoms with E-state index < -0.39 is 5.25 Å². The van der Waals surface area contributed by atoms with Crippen molar-refractivity contribution >= 4 is 46.4 Å². The summed E-state index contributed by atoms with van der Waals surface area (Å²) in [5.41, 5.74) is 2.11. The molecule has 3 rings (SSSR count). The van der Waals surface area contributed by atoms with E-state index in [9.17, 15) is 9.59 Å². The Balaban J connectivity index is 1.63. The molecule has 7 nitrogen and oxygen atoms in total. The van der Waals surface area contributed by atoms with Crippen LogP contribution in [0, 0.1) is 6.92 Å². The number of thioether (sulfide) groups is 1. The number of Topliss-reactive ketones (excluding diaryl/α,β-unsaturated/α-hetero) is 1. The second-order valence-corrected chi connectivity index (χ2v) is 8.05. The number of hydrogen-bond donors (Lipinski definition) is 1. The van der Waals surface area contributed by atoms with Crippen LogP contribution in [0.15, 0.2) is 46.6 Å². The van der Waals surface area contributed by atoms with Gasteiger partial charge >= 0.3 is 0 Å². The molecule has 2 aromatic carbocycles. The van der Waals surface area contributed by atoms with Crippen molar-refractivity contribution < 1.29 is 19.1 Å². The first-order valence-corrected chi connectivity index (χ1v) is 10.3. The Hall–Kier alpha value is -2.84. The van der Waals surface area contributed by atoms with Crippen LogP contribution in [0.2, 0.25) is 5.02 Å². The quantitative estimate of drug-likeness (QED) is 0.397. The molecule has 1 saturated heterocycles. The SMILES string of the molecule is COc1ccc(/C=N/N=C2\NC(=O)C(CC(=O)c3ccc(Cl)c(C)c3)S2)cc1OC. The van der Waals surface area contributed by atoms with E-state index in [0.29, 0.717) is 27.3 Å². The average Bonchev–Trinajstić information content (AvgIpc) is 3.08. The van der Waals surface area contributed by atoms with Gasteiger partial charge in [0.1, 0.15) is 0 Å². The fraction of sp³-hybridized carbons (Fsp3) is 0.238. The minimum absolute atomic E-state index is 0.0655. The summed E-state index contributed by atoms with van der Waals surface area (Å²) in [4.78, 5) is 24.7. The summed E-state index contributed by atoms with van der Waals surface area (Å²) in [6.07, 6.45) is 1.60. The molecule has 1 amide bonds. The van der Waals surface area contributed by atoms with E-state index >= 15 is 0 Å². The lowest BCUT2D eigenvalue weighted by Crippen LogP contribution is -2.26. The number of benzene rings is 2. The number of carbonyl (C=O) groups is 2. The van der Waals surface area contributed by atoms with Crippen molar-refractivity contribution in [3.8, 4) is 11.5 Å². The van der Waals surface area contributed by atoms with Gasteiger partial charge in [-0.15, -0.1) is 5.10 Å². The fourth-order valence-corrected chi connectivity index (χ4v) is 3.81. The molecule has 0 spiro atoms. The van der Waals surface area contributed by atoms with E-state index in [2.05, 4.69) is 15.5 Å². The summed E-state index contributed by atoms with van der Waals surface area (Å²) in [5, 5.41) is 11.1. The number of ketones is 1. The maximum Gasteiger partial charge on any atom is 0.240 e. The van der Waals surface area contributed by atoms with Gasteiger partial charge in [-0.2, -0.15) is 5.10 Å². The van der Waals surface area contributed by atoms with Crippen LogP contribution in [-0.2, 0) is 4.79 Å². The lowest BCUT2D eigenvalue weighted by Gasteiger charge is -2.07. The molecule has 9 heteroatoms. The Morgan fingerprint density at radius 3 is 2.67 bits per heavy atom. The Kier molecular flexibility index (Phi) is 7.12. The smallest absolute Gasteiger partial charge is 0.240 e. The van der Waals surface area contributed by atoms with Crippen molar-refractivity contribution in [1.82, 2.24) is 5.32 Å². The molecular formula is C21H20ClN3O4S. The van der Waals surface area contributed by atoms with Crippen LogP contribution in [0.5, 0.6) is 11.5 Å². The molecule has 0 bridgehead atoms. The Morgan fingerprint density at radius 2 is 1.97 bits per heavy atom. The first-order valence-electron chi connectivity index (χ1n) is 9.01. The number of amidine groups is 1. The highest BCUT2D eigenvalue weighted by atomic mass is 35.5. The van der Waals surface area contributed by atoms with Crippen LogP contribution in [0.25, 0.3) is 0 Å². The van der Waals surface area contributed by atoms with Crippen LogP contribution in [0.1, 0.15) is 27.9 Å². The van der Waals surface area contributed by atoms with Gasteiger partial charge in [-0.05, 0) is 54.4 Å². The van der Waals surface area contributed by atoms with Crippen LogP contribution in [0.4, 0.5) is 0 Å². The Labute approximate surface area is 183 Å². The molecule has 1 N–H and O–H groups in total. The Bertz CT molecular complexity index is 1040. The van der Waals surface area contributed by atoms with Gasteiger partial charge in [-0.1, -0.05) is 23.4 Å². The molecular weight excluding hydrogens is 426 g/mol. The summed E-state index contributed by atoms with van der Waals surface area (Å²) in [6, 6.07) is 10.4. The third-order valence-electron chi connectivity index (χ3n) is 4.39. The van der Waals surface area contributed by atoms with E-state index in [-0.39, 0.29) is 18.1 Å². The molecule has 0 aromatic heterocycles. The largest absolute Gasteiger partial charge is 0.493 e. The number of hydrogen-bond acceptors (Lipinski definition) is 7. The third kappa shape index (κ3) is 5.20. The number of halogens is 1. The summed E-state index contributed by atoms with van der Waals surface area (Å²) in [5.74, 6) is 0.799. The first-order chi connectivity index (χ1) is 14.4. The van der Waals surface area contributed by atoms with Gasteiger partial charge in [0.2, 0.25) is 5.91 Å². The maximum atomic E-state index is 12.5. The molecule has 0 aliphatic carbocycles. The third-order valence-corrected chi connectivity index (χ3v) is 5.89. The molecule has 1 aliphatic rings. The van der Waals surface area contributed by atoms with Crippen LogP contribution in [-0.4, -0.2) is 42.5 Å². The van der Waals surface area contributed by atoms with E-state index in [1.165, 1.54) is 18.0 Å². The van der Waals surface area contributed by atoms with Gasteiger partial charge in [0, 0.05) is 17.0 Å². The highest BCUT2D eigenvalue weighted by Gasteiger charge is 2.32. The zero-order valence-corrected chi connectivity index (χ0v) is 18.2. The van der Waals surface area contributed by atoms with E-state index in [1.54, 1.807) is 50.6 Å². The molecule has 0 saturated carbocycles. The molecule has 1 atom stereocenters. The van der Waals surface area contributed by atoms with Gasteiger partial charge in [0.15, 0.2) is 22.4 Å². The summed E-state index contributed by atoms with van der Waals surface area (Å²) in [6.45, 7) is 1.83. The van der Waals surface area contributed by atoms with Gasteiger partial charge in [-0.25, -0.2) is 0 Å². The number of methoxy groups -OCH3 is 2. The molecule has 1 aliphatic heterocycles. The topological polar surface area (TPSA) is 89.4 Å². The van der Waals surface area contributed by atoms with Gasteiger partial charge in [0.05, 0.1) is 25.7 Å². The van der Waals surface area contributed by atoms with Crippen molar-refractivity contribution in [2.75, 3.05) is 14.2 Å². The lowest BCUT2D eigenvalue weighted by atomic mass is 10.0. The standard InChI is InChI=1S/C21H20ClN3O4S/c1-12-8-14(5-6-15(12)22)16(26)10-19-20(27)24-21(30-19)25-23-11-13-4-7-17(28-2)18(9-13)29-3/h4-9,11,19H,10H2,1-3H3,(H,24,25,27)/b23-11+. The molecule has 1 heterocycles. The monoisotopic (exact) mass is 445 g/mol. The summed E-state index contributed by atoms with van der Waals surface area (Å²) >= 11 is 7.18.